The Morgan fingerprint density at radius 1 is 1.03 bits per heavy atom. The van der Waals surface area contributed by atoms with Crippen LogP contribution < -0.4 is 15.5 Å². The van der Waals surface area contributed by atoms with E-state index in [1.54, 1.807) is 24.3 Å². The standard InChI is InChI=1S/C24H30ClN3O2/c1-16(2)22(27-23(29)20-6-4-5-7-21(20)25)24(30)26-18-8-10-19(11-9-18)28-14-12-17(3)13-15-28/h4-11,16-17,22H,12-15H2,1-3H3,(H,26,30)(H,27,29). The zero-order valence-electron chi connectivity index (χ0n) is 17.8. The lowest BCUT2D eigenvalue weighted by molar-refractivity contribution is -0.118. The van der Waals surface area contributed by atoms with E-state index in [4.69, 9.17) is 11.6 Å². The minimum Gasteiger partial charge on any atom is -0.372 e. The predicted molar refractivity (Wildman–Crippen MR) is 123 cm³/mol. The highest BCUT2D eigenvalue weighted by Crippen LogP contribution is 2.24. The van der Waals surface area contributed by atoms with Gasteiger partial charge in [0, 0.05) is 24.5 Å². The topological polar surface area (TPSA) is 61.4 Å². The second-order valence-electron chi connectivity index (χ2n) is 8.38. The van der Waals surface area contributed by atoms with E-state index in [0.29, 0.717) is 16.3 Å². The molecule has 1 saturated heterocycles. The number of piperidine rings is 1. The molecule has 3 rings (SSSR count). The molecule has 1 aliphatic rings. The van der Waals surface area contributed by atoms with E-state index in [2.05, 4.69) is 22.5 Å². The lowest BCUT2D eigenvalue weighted by atomic mass is 9.99. The number of nitrogens with one attached hydrogen (secondary N) is 2. The maximum atomic E-state index is 12.9. The largest absolute Gasteiger partial charge is 0.372 e. The van der Waals surface area contributed by atoms with Crippen LogP contribution in [0.2, 0.25) is 5.02 Å². The molecule has 0 radical (unpaired) electrons. The summed E-state index contributed by atoms with van der Waals surface area (Å²) < 4.78 is 0. The Kier molecular flexibility index (Phi) is 7.38. The van der Waals surface area contributed by atoms with Gasteiger partial charge in [0.2, 0.25) is 5.91 Å². The summed E-state index contributed by atoms with van der Waals surface area (Å²) in [7, 11) is 0. The molecule has 0 aromatic heterocycles. The number of amides is 2. The van der Waals surface area contributed by atoms with Gasteiger partial charge in [0.05, 0.1) is 10.6 Å². The summed E-state index contributed by atoms with van der Waals surface area (Å²) in [6.07, 6.45) is 2.42. The summed E-state index contributed by atoms with van der Waals surface area (Å²) in [5.41, 5.74) is 2.25. The van der Waals surface area contributed by atoms with Gasteiger partial charge in [-0.05, 0) is 61.1 Å². The van der Waals surface area contributed by atoms with E-state index in [1.165, 1.54) is 18.5 Å². The summed E-state index contributed by atoms with van der Waals surface area (Å²) in [6.45, 7) is 8.23. The molecule has 0 spiro atoms. The highest BCUT2D eigenvalue weighted by atomic mass is 35.5. The van der Waals surface area contributed by atoms with Gasteiger partial charge in [-0.2, -0.15) is 0 Å². The van der Waals surface area contributed by atoms with Gasteiger partial charge in [-0.1, -0.05) is 44.5 Å². The van der Waals surface area contributed by atoms with Crippen molar-refractivity contribution in [2.45, 2.75) is 39.7 Å². The third-order valence-electron chi connectivity index (χ3n) is 5.64. The number of nitrogens with zero attached hydrogens (tertiary/aromatic N) is 1. The van der Waals surface area contributed by atoms with Gasteiger partial charge in [-0.25, -0.2) is 0 Å². The van der Waals surface area contributed by atoms with Crippen LogP contribution in [0, 0.1) is 11.8 Å². The van der Waals surface area contributed by atoms with Crippen LogP contribution >= 0.6 is 11.6 Å². The van der Waals surface area contributed by atoms with Crippen molar-refractivity contribution < 1.29 is 9.59 Å². The van der Waals surface area contributed by atoms with Crippen LogP contribution in [-0.4, -0.2) is 30.9 Å². The number of carbonyl (C=O) groups excluding carboxylic acids is 2. The Labute approximate surface area is 183 Å². The van der Waals surface area contributed by atoms with E-state index in [0.717, 1.165) is 19.0 Å². The van der Waals surface area contributed by atoms with Gasteiger partial charge in [0.1, 0.15) is 6.04 Å². The first kappa shape index (κ1) is 22.2. The second kappa shape index (κ2) is 9.98. The molecule has 6 heteroatoms. The average Bonchev–Trinajstić information content (AvgIpc) is 2.73. The maximum absolute atomic E-state index is 12.9. The lowest BCUT2D eigenvalue weighted by Crippen LogP contribution is -2.47. The number of benzene rings is 2. The summed E-state index contributed by atoms with van der Waals surface area (Å²) >= 11 is 6.11. The van der Waals surface area contributed by atoms with Gasteiger partial charge in [-0.3, -0.25) is 9.59 Å². The first-order valence-corrected chi connectivity index (χ1v) is 10.9. The molecular weight excluding hydrogens is 398 g/mol. The van der Waals surface area contributed by atoms with Crippen LogP contribution in [0.3, 0.4) is 0 Å². The summed E-state index contributed by atoms with van der Waals surface area (Å²) in [4.78, 5) is 27.8. The number of halogens is 1. The Bertz CT molecular complexity index is 874. The van der Waals surface area contributed by atoms with Gasteiger partial charge >= 0.3 is 0 Å². The molecule has 2 amide bonds. The van der Waals surface area contributed by atoms with Crippen LogP contribution in [-0.2, 0) is 4.79 Å². The normalized spacial score (nSPS) is 15.7. The van der Waals surface area contributed by atoms with E-state index in [9.17, 15) is 9.59 Å². The van der Waals surface area contributed by atoms with E-state index in [-0.39, 0.29) is 17.7 Å². The summed E-state index contributed by atoms with van der Waals surface area (Å²) in [5.74, 6) is 0.105. The molecule has 1 unspecified atom stereocenters. The van der Waals surface area contributed by atoms with Gasteiger partial charge in [0.25, 0.3) is 5.91 Å². The SMILES string of the molecule is CC1CCN(c2ccc(NC(=O)C(NC(=O)c3ccccc3Cl)C(C)C)cc2)CC1. The molecule has 160 valence electrons. The molecule has 2 aromatic rings. The Morgan fingerprint density at radius 3 is 2.27 bits per heavy atom. The van der Waals surface area contributed by atoms with Gasteiger partial charge in [0.15, 0.2) is 0 Å². The quantitative estimate of drug-likeness (QED) is 0.684. The van der Waals surface area contributed by atoms with Crippen molar-refractivity contribution in [2.75, 3.05) is 23.3 Å². The minimum atomic E-state index is -0.669. The van der Waals surface area contributed by atoms with Crippen molar-refractivity contribution >= 4 is 34.8 Å². The Balaban J connectivity index is 1.63. The molecular formula is C24H30ClN3O2. The molecule has 0 bridgehead atoms. The first-order valence-electron chi connectivity index (χ1n) is 10.6. The molecule has 1 atom stereocenters. The van der Waals surface area contributed by atoms with Crippen LogP contribution in [0.15, 0.2) is 48.5 Å². The fraction of sp³-hybridized carbons (Fsp3) is 0.417. The lowest BCUT2D eigenvalue weighted by Gasteiger charge is -2.32. The van der Waals surface area contributed by atoms with Crippen molar-refractivity contribution in [2.24, 2.45) is 11.8 Å². The molecule has 2 aromatic carbocycles. The van der Waals surface area contributed by atoms with Gasteiger partial charge in [-0.15, -0.1) is 0 Å². The van der Waals surface area contributed by atoms with E-state index < -0.39 is 6.04 Å². The number of anilines is 2. The number of hydrogen-bond donors (Lipinski definition) is 2. The number of rotatable bonds is 6. The van der Waals surface area contributed by atoms with E-state index >= 15 is 0 Å². The van der Waals surface area contributed by atoms with Crippen LogP contribution in [0.1, 0.15) is 44.0 Å². The second-order valence-corrected chi connectivity index (χ2v) is 8.79. The molecule has 0 aliphatic carbocycles. The average molecular weight is 428 g/mol. The van der Waals surface area contributed by atoms with Gasteiger partial charge < -0.3 is 15.5 Å². The Morgan fingerprint density at radius 2 is 1.67 bits per heavy atom. The Hall–Kier alpha value is -2.53. The third-order valence-corrected chi connectivity index (χ3v) is 5.97. The minimum absolute atomic E-state index is 0.0777. The first-order chi connectivity index (χ1) is 14.3. The highest BCUT2D eigenvalue weighted by molar-refractivity contribution is 6.33. The molecule has 5 nitrogen and oxygen atoms in total. The molecule has 2 N–H and O–H groups in total. The van der Waals surface area contributed by atoms with Crippen molar-refractivity contribution in [3.8, 4) is 0 Å². The van der Waals surface area contributed by atoms with Crippen LogP contribution in [0.5, 0.6) is 0 Å². The monoisotopic (exact) mass is 427 g/mol. The van der Waals surface area contributed by atoms with E-state index in [1.807, 2.05) is 38.1 Å². The zero-order valence-corrected chi connectivity index (χ0v) is 18.6. The van der Waals surface area contributed by atoms with Crippen molar-refractivity contribution in [3.05, 3.63) is 59.1 Å². The fourth-order valence-corrected chi connectivity index (χ4v) is 3.86. The maximum Gasteiger partial charge on any atom is 0.253 e. The fourth-order valence-electron chi connectivity index (χ4n) is 3.64. The van der Waals surface area contributed by atoms with Crippen molar-refractivity contribution in [3.63, 3.8) is 0 Å². The smallest absolute Gasteiger partial charge is 0.253 e. The van der Waals surface area contributed by atoms with Crippen LogP contribution in [0.25, 0.3) is 0 Å². The zero-order chi connectivity index (χ0) is 21.7. The summed E-state index contributed by atoms with van der Waals surface area (Å²) in [6, 6.07) is 14.1. The summed E-state index contributed by atoms with van der Waals surface area (Å²) in [5, 5.41) is 6.11. The molecule has 0 saturated carbocycles. The van der Waals surface area contributed by atoms with Crippen molar-refractivity contribution in [1.29, 1.82) is 0 Å². The molecule has 1 aliphatic heterocycles. The molecule has 1 fully saturated rings. The van der Waals surface area contributed by atoms with Crippen LogP contribution in [0.4, 0.5) is 11.4 Å². The number of carbonyl (C=O) groups is 2. The molecule has 30 heavy (non-hydrogen) atoms. The highest BCUT2D eigenvalue weighted by Gasteiger charge is 2.25. The predicted octanol–water partition coefficient (Wildman–Crippen LogP) is 4.97. The number of hydrogen-bond acceptors (Lipinski definition) is 3. The molecule has 1 heterocycles. The third kappa shape index (κ3) is 5.54. The van der Waals surface area contributed by atoms with Crippen molar-refractivity contribution in [1.82, 2.24) is 5.32 Å².